The van der Waals surface area contributed by atoms with Gasteiger partial charge in [0.05, 0.1) is 5.41 Å². The van der Waals surface area contributed by atoms with Gasteiger partial charge in [-0.25, -0.2) is 0 Å². The van der Waals surface area contributed by atoms with Gasteiger partial charge in [-0.1, -0.05) is 13.3 Å². The molecule has 0 aromatic carbocycles. The summed E-state index contributed by atoms with van der Waals surface area (Å²) in [6, 6.07) is -0.140. The Balaban J connectivity index is 2.58. The first-order chi connectivity index (χ1) is 8.41. The van der Waals surface area contributed by atoms with Gasteiger partial charge in [0, 0.05) is 25.6 Å². The largest absolute Gasteiger partial charge is 0.481 e. The number of nitrogens with zero attached hydrogens (tertiary/aromatic N) is 1. The van der Waals surface area contributed by atoms with E-state index >= 15 is 0 Å². The Morgan fingerprint density at radius 2 is 1.94 bits per heavy atom. The zero-order valence-electron chi connectivity index (χ0n) is 11.3. The van der Waals surface area contributed by atoms with E-state index in [1.165, 1.54) is 0 Å². The molecule has 1 saturated heterocycles. The molecule has 1 atom stereocenters. The van der Waals surface area contributed by atoms with E-state index in [0.29, 0.717) is 38.8 Å². The van der Waals surface area contributed by atoms with Gasteiger partial charge in [-0.3, -0.25) is 9.59 Å². The first-order valence-corrected chi connectivity index (χ1v) is 6.68. The third kappa shape index (κ3) is 3.45. The number of amides is 1. The lowest BCUT2D eigenvalue weighted by atomic mass is 9.75. The average molecular weight is 256 g/mol. The zero-order chi connectivity index (χ0) is 13.8. The van der Waals surface area contributed by atoms with Crippen molar-refractivity contribution in [2.75, 3.05) is 13.1 Å². The molecular weight excluding hydrogens is 232 g/mol. The van der Waals surface area contributed by atoms with Crippen LogP contribution in [0.5, 0.6) is 0 Å². The molecule has 1 aliphatic rings. The molecule has 18 heavy (non-hydrogen) atoms. The summed E-state index contributed by atoms with van der Waals surface area (Å²) in [5.41, 5.74) is 4.98. The second-order valence-electron chi connectivity index (χ2n) is 5.40. The number of carbonyl (C=O) groups excluding carboxylic acids is 1. The number of carboxylic acids is 1. The maximum Gasteiger partial charge on any atom is 0.309 e. The predicted molar refractivity (Wildman–Crippen MR) is 69.1 cm³/mol. The van der Waals surface area contributed by atoms with Crippen LogP contribution >= 0.6 is 0 Å². The Hall–Kier alpha value is -1.10. The van der Waals surface area contributed by atoms with E-state index in [9.17, 15) is 14.7 Å². The molecule has 0 bridgehead atoms. The van der Waals surface area contributed by atoms with Crippen molar-refractivity contribution in [2.45, 2.75) is 52.0 Å². The van der Waals surface area contributed by atoms with Gasteiger partial charge in [-0.2, -0.15) is 0 Å². The van der Waals surface area contributed by atoms with Crippen LogP contribution < -0.4 is 5.73 Å². The van der Waals surface area contributed by atoms with Gasteiger partial charge in [-0.05, 0) is 26.2 Å². The molecule has 1 unspecified atom stereocenters. The van der Waals surface area contributed by atoms with Crippen molar-refractivity contribution in [3.05, 3.63) is 0 Å². The Kier molecular flexibility index (Phi) is 5.14. The minimum atomic E-state index is -0.719. The van der Waals surface area contributed by atoms with Crippen LogP contribution in [0.3, 0.4) is 0 Å². The van der Waals surface area contributed by atoms with Gasteiger partial charge < -0.3 is 15.7 Å². The summed E-state index contributed by atoms with van der Waals surface area (Å²) in [6.45, 7) is 4.88. The van der Waals surface area contributed by atoms with Crippen LogP contribution in [0.4, 0.5) is 0 Å². The molecule has 0 saturated carbocycles. The lowest BCUT2D eigenvalue weighted by Gasteiger charge is -2.39. The molecule has 0 aromatic rings. The fraction of sp³-hybridized carbons (Fsp3) is 0.846. The van der Waals surface area contributed by atoms with Gasteiger partial charge >= 0.3 is 5.97 Å². The molecular formula is C13H24N2O3. The summed E-state index contributed by atoms with van der Waals surface area (Å²) in [7, 11) is 0. The van der Waals surface area contributed by atoms with Crippen LogP contribution in [-0.2, 0) is 9.59 Å². The fourth-order valence-electron chi connectivity index (χ4n) is 2.64. The van der Waals surface area contributed by atoms with Crippen LogP contribution in [0.1, 0.15) is 46.0 Å². The topological polar surface area (TPSA) is 83.6 Å². The van der Waals surface area contributed by atoms with Crippen LogP contribution in [0, 0.1) is 5.41 Å². The van der Waals surface area contributed by atoms with Gasteiger partial charge in [-0.15, -0.1) is 0 Å². The second kappa shape index (κ2) is 6.18. The molecule has 104 valence electrons. The highest BCUT2D eigenvalue weighted by molar-refractivity contribution is 5.78. The molecule has 0 spiro atoms. The van der Waals surface area contributed by atoms with Gasteiger partial charge in [0.2, 0.25) is 5.91 Å². The van der Waals surface area contributed by atoms with E-state index in [0.717, 1.165) is 6.42 Å². The average Bonchev–Trinajstić information content (AvgIpc) is 2.29. The number of carboxylic acid groups (broad SMARTS) is 1. The number of hydrogen-bond donors (Lipinski definition) is 2. The number of piperidine rings is 1. The highest BCUT2D eigenvalue weighted by atomic mass is 16.4. The van der Waals surface area contributed by atoms with E-state index in [-0.39, 0.29) is 11.9 Å². The van der Waals surface area contributed by atoms with Gasteiger partial charge in [0.15, 0.2) is 0 Å². The van der Waals surface area contributed by atoms with Crippen molar-refractivity contribution in [3.63, 3.8) is 0 Å². The second-order valence-corrected chi connectivity index (χ2v) is 5.40. The minimum Gasteiger partial charge on any atom is -0.481 e. The summed E-state index contributed by atoms with van der Waals surface area (Å²) in [4.78, 5) is 25.0. The normalized spacial score (nSPS) is 20.5. The number of likely N-dealkylation sites (tertiary alicyclic amines) is 1. The van der Waals surface area contributed by atoms with Crippen LogP contribution in [0.25, 0.3) is 0 Å². The first kappa shape index (κ1) is 15.0. The molecule has 0 aromatic heterocycles. The SMILES string of the molecule is CCCC1(C(=O)O)CCN(C(=O)CC(C)N)CC1. The summed E-state index contributed by atoms with van der Waals surface area (Å²) >= 11 is 0. The standard InChI is InChI=1S/C13H24N2O3/c1-3-4-13(12(17)18)5-7-15(8-6-13)11(16)9-10(2)14/h10H,3-9,14H2,1-2H3,(H,17,18). The highest BCUT2D eigenvalue weighted by Crippen LogP contribution is 2.36. The fourth-order valence-corrected chi connectivity index (χ4v) is 2.64. The first-order valence-electron chi connectivity index (χ1n) is 6.68. The monoisotopic (exact) mass is 256 g/mol. The third-order valence-electron chi connectivity index (χ3n) is 3.75. The van der Waals surface area contributed by atoms with E-state index in [1.54, 1.807) is 11.8 Å². The van der Waals surface area contributed by atoms with Crippen LogP contribution in [-0.4, -0.2) is 41.0 Å². The number of rotatable bonds is 5. The molecule has 0 aliphatic carbocycles. The summed E-state index contributed by atoms with van der Waals surface area (Å²) in [6.07, 6.45) is 3.01. The number of carbonyl (C=O) groups is 2. The van der Waals surface area contributed by atoms with Crippen molar-refractivity contribution >= 4 is 11.9 Å². The molecule has 0 radical (unpaired) electrons. The molecule has 1 heterocycles. The van der Waals surface area contributed by atoms with Crippen molar-refractivity contribution < 1.29 is 14.7 Å². The highest BCUT2D eigenvalue weighted by Gasteiger charge is 2.41. The van der Waals surface area contributed by atoms with Crippen molar-refractivity contribution in [1.82, 2.24) is 4.90 Å². The number of nitrogens with two attached hydrogens (primary N) is 1. The maximum atomic E-state index is 11.8. The lowest BCUT2D eigenvalue weighted by molar-refractivity contribution is -0.155. The molecule has 1 aliphatic heterocycles. The van der Waals surface area contributed by atoms with Crippen molar-refractivity contribution in [1.29, 1.82) is 0 Å². The molecule has 5 heteroatoms. The minimum absolute atomic E-state index is 0.0421. The molecule has 1 amide bonds. The van der Waals surface area contributed by atoms with E-state index in [1.807, 2.05) is 6.92 Å². The number of hydrogen-bond acceptors (Lipinski definition) is 3. The molecule has 1 rings (SSSR count). The quantitative estimate of drug-likeness (QED) is 0.774. The van der Waals surface area contributed by atoms with E-state index < -0.39 is 11.4 Å². The molecule has 3 N–H and O–H groups in total. The summed E-state index contributed by atoms with van der Waals surface area (Å²) in [5.74, 6) is -0.677. The van der Waals surface area contributed by atoms with Crippen molar-refractivity contribution in [3.8, 4) is 0 Å². The zero-order valence-corrected chi connectivity index (χ0v) is 11.3. The smallest absolute Gasteiger partial charge is 0.309 e. The van der Waals surface area contributed by atoms with E-state index in [4.69, 9.17) is 5.73 Å². The molecule has 1 fully saturated rings. The van der Waals surface area contributed by atoms with Crippen LogP contribution in [0.2, 0.25) is 0 Å². The third-order valence-corrected chi connectivity index (χ3v) is 3.75. The summed E-state index contributed by atoms with van der Waals surface area (Å²) in [5, 5.41) is 9.37. The van der Waals surface area contributed by atoms with Gasteiger partial charge in [0.25, 0.3) is 0 Å². The van der Waals surface area contributed by atoms with E-state index in [2.05, 4.69) is 0 Å². The predicted octanol–water partition coefficient (Wildman–Crippen LogP) is 1.22. The Morgan fingerprint density at radius 1 is 1.39 bits per heavy atom. The van der Waals surface area contributed by atoms with Crippen molar-refractivity contribution in [2.24, 2.45) is 11.1 Å². The molecule has 5 nitrogen and oxygen atoms in total. The van der Waals surface area contributed by atoms with Crippen LogP contribution in [0.15, 0.2) is 0 Å². The Morgan fingerprint density at radius 3 is 2.33 bits per heavy atom. The number of aliphatic carboxylic acids is 1. The maximum absolute atomic E-state index is 11.8. The Labute approximate surface area is 108 Å². The van der Waals surface area contributed by atoms with Gasteiger partial charge in [0.1, 0.15) is 0 Å². The Bertz CT molecular complexity index is 307. The summed E-state index contributed by atoms with van der Waals surface area (Å²) < 4.78 is 0. The lowest BCUT2D eigenvalue weighted by Crippen LogP contribution is -2.47.